The minimum atomic E-state index is 0.145. The zero-order chi connectivity index (χ0) is 17.9. The van der Waals surface area contributed by atoms with E-state index < -0.39 is 0 Å². The van der Waals surface area contributed by atoms with E-state index >= 15 is 0 Å². The van der Waals surface area contributed by atoms with Crippen LogP contribution in [0.4, 0.5) is 0 Å². The molecule has 0 atom stereocenters. The van der Waals surface area contributed by atoms with E-state index in [1.807, 2.05) is 49.9 Å². The lowest BCUT2D eigenvalue weighted by Crippen LogP contribution is -2.07. The standard InChI is InChI=1S/C21H18N4O/c1-25-14-19(13-24-25)16-2-3-17-12-23-20(10-18(17)9-16)11-21(26)8-15-4-6-22-7-5-15/h2-7,9-10,12-14H,8,11H2,1H3. The van der Waals surface area contributed by atoms with Crippen LogP contribution >= 0.6 is 0 Å². The number of Topliss-reactive ketones (excluding diaryl/α,β-unsaturated/α-hetero) is 1. The summed E-state index contributed by atoms with van der Waals surface area (Å²) < 4.78 is 1.79. The first-order valence-electron chi connectivity index (χ1n) is 8.46. The van der Waals surface area contributed by atoms with Gasteiger partial charge < -0.3 is 0 Å². The number of aromatic nitrogens is 4. The van der Waals surface area contributed by atoms with Crippen LogP contribution in [0.15, 0.2) is 67.4 Å². The van der Waals surface area contributed by atoms with Crippen molar-refractivity contribution in [3.8, 4) is 11.1 Å². The molecule has 26 heavy (non-hydrogen) atoms. The molecule has 0 amide bonds. The van der Waals surface area contributed by atoms with Gasteiger partial charge in [-0.3, -0.25) is 19.4 Å². The maximum absolute atomic E-state index is 12.3. The number of hydrogen-bond acceptors (Lipinski definition) is 4. The average Bonchev–Trinajstić information content (AvgIpc) is 3.08. The Balaban J connectivity index is 1.57. The Bertz CT molecular complexity index is 1070. The number of hydrogen-bond donors (Lipinski definition) is 0. The van der Waals surface area contributed by atoms with E-state index in [-0.39, 0.29) is 5.78 Å². The van der Waals surface area contributed by atoms with Crippen molar-refractivity contribution in [3.63, 3.8) is 0 Å². The zero-order valence-electron chi connectivity index (χ0n) is 14.5. The molecule has 0 fully saturated rings. The van der Waals surface area contributed by atoms with Gasteiger partial charge >= 0.3 is 0 Å². The molecular weight excluding hydrogens is 324 g/mol. The number of carbonyl (C=O) groups is 1. The summed E-state index contributed by atoms with van der Waals surface area (Å²) in [6.45, 7) is 0. The number of fused-ring (bicyclic) bond motifs is 1. The first kappa shape index (κ1) is 16.1. The topological polar surface area (TPSA) is 60.7 Å². The number of pyridine rings is 2. The predicted octanol–water partition coefficient (Wildman–Crippen LogP) is 3.38. The van der Waals surface area contributed by atoms with Crippen LogP contribution in [0.2, 0.25) is 0 Å². The molecule has 4 rings (SSSR count). The van der Waals surface area contributed by atoms with Gasteiger partial charge in [-0.25, -0.2) is 0 Å². The Kier molecular flexibility index (Phi) is 4.27. The van der Waals surface area contributed by atoms with E-state index in [1.54, 1.807) is 17.1 Å². The number of aryl methyl sites for hydroxylation is 1. The largest absolute Gasteiger partial charge is 0.299 e. The third-order valence-electron chi connectivity index (χ3n) is 4.35. The lowest BCUT2D eigenvalue weighted by molar-refractivity contribution is -0.117. The van der Waals surface area contributed by atoms with Crippen LogP contribution in [0.1, 0.15) is 11.3 Å². The van der Waals surface area contributed by atoms with E-state index in [9.17, 15) is 4.79 Å². The fourth-order valence-electron chi connectivity index (χ4n) is 3.03. The summed E-state index contributed by atoms with van der Waals surface area (Å²) in [5.41, 5.74) is 3.94. The molecule has 0 spiro atoms. The molecule has 0 radical (unpaired) electrons. The maximum Gasteiger partial charge on any atom is 0.143 e. The summed E-state index contributed by atoms with van der Waals surface area (Å²) >= 11 is 0. The van der Waals surface area contributed by atoms with Gasteiger partial charge in [-0.05, 0) is 40.8 Å². The smallest absolute Gasteiger partial charge is 0.143 e. The second-order valence-electron chi connectivity index (χ2n) is 6.39. The van der Waals surface area contributed by atoms with E-state index in [1.165, 1.54) is 0 Å². The third-order valence-corrected chi connectivity index (χ3v) is 4.35. The fourth-order valence-corrected chi connectivity index (χ4v) is 3.03. The van der Waals surface area contributed by atoms with Crippen LogP contribution in [-0.4, -0.2) is 25.5 Å². The van der Waals surface area contributed by atoms with E-state index in [2.05, 4.69) is 27.2 Å². The Hall–Kier alpha value is -3.34. The van der Waals surface area contributed by atoms with Gasteiger partial charge in [0.1, 0.15) is 5.78 Å². The van der Waals surface area contributed by atoms with Gasteiger partial charge in [0.25, 0.3) is 0 Å². The summed E-state index contributed by atoms with van der Waals surface area (Å²) in [5, 5.41) is 6.36. The van der Waals surface area contributed by atoms with Crippen LogP contribution in [-0.2, 0) is 24.7 Å². The van der Waals surface area contributed by atoms with Gasteiger partial charge in [0.2, 0.25) is 0 Å². The quantitative estimate of drug-likeness (QED) is 0.558. The lowest BCUT2D eigenvalue weighted by atomic mass is 10.0. The molecule has 0 aliphatic heterocycles. The van der Waals surface area contributed by atoms with Crippen molar-refractivity contribution in [2.45, 2.75) is 12.8 Å². The highest BCUT2D eigenvalue weighted by molar-refractivity contribution is 5.88. The number of rotatable bonds is 5. The molecule has 5 nitrogen and oxygen atoms in total. The SMILES string of the molecule is Cn1cc(-c2ccc3cnc(CC(=O)Cc4ccncc4)cc3c2)cn1. The molecule has 0 N–H and O–H groups in total. The van der Waals surface area contributed by atoms with Gasteiger partial charge in [-0.2, -0.15) is 5.10 Å². The molecule has 0 saturated heterocycles. The van der Waals surface area contributed by atoms with E-state index in [4.69, 9.17) is 0 Å². The summed E-state index contributed by atoms with van der Waals surface area (Å²) in [6.07, 6.45) is 9.81. The lowest BCUT2D eigenvalue weighted by Gasteiger charge is -2.05. The molecule has 128 valence electrons. The molecule has 0 saturated carbocycles. The van der Waals surface area contributed by atoms with Crippen molar-refractivity contribution in [2.24, 2.45) is 7.05 Å². The minimum Gasteiger partial charge on any atom is -0.299 e. The van der Waals surface area contributed by atoms with Gasteiger partial charge in [-0.15, -0.1) is 0 Å². The Labute approximate surface area is 151 Å². The number of carbonyl (C=O) groups excluding carboxylic acids is 1. The second kappa shape index (κ2) is 6.88. The predicted molar refractivity (Wildman–Crippen MR) is 101 cm³/mol. The highest BCUT2D eigenvalue weighted by Crippen LogP contribution is 2.24. The molecule has 5 heteroatoms. The van der Waals surface area contributed by atoms with Crippen LogP contribution in [0, 0.1) is 0 Å². The Morgan fingerprint density at radius 2 is 1.81 bits per heavy atom. The monoisotopic (exact) mass is 342 g/mol. The minimum absolute atomic E-state index is 0.145. The molecule has 3 heterocycles. The average molecular weight is 342 g/mol. The number of benzene rings is 1. The van der Waals surface area contributed by atoms with Crippen molar-refractivity contribution in [3.05, 3.63) is 78.6 Å². The first-order valence-corrected chi connectivity index (χ1v) is 8.46. The van der Waals surface area contributed by atoms with Crippen LogP contribution < -0.4 is 0 Å². The van der Waals surface area contributed by atoms with Crippen molar-refractivity contribution < 1.29 is 4.79 Å². The number of nitrogens with zero attached hydrogens (tertiary/aromatic N) is 4. The molecule has 0 aliphatic rings. The molecule has 0 unspecified atom stereocenters. The summed E-state index contributed by atoms with van der Waals surface area (Å²) in [7, 11) is 1.90. The highest BCUT2D eigenvalue weighted by atomic mass is 16.1. The van der Waals surface area contributed by atoms with Crippen LogP contribution in [0.5, 0.6) is 0 Å². The second-order valence-corrected chi connectivity index (χ2v) is 6.39. The highest BCUT2D eigenvalue weighted by Gasteiger charge is 2.08. The van der Waals surface area contributed by atoms with E-state index in [0.717, 1.165) is 33.2 Å². The third kappa shape index (κ3) is 3.52. The van der Waals surface area contributed by atoms with Gasteiger partial charge in [0.15, 0.2) is 0 Å². The van der Waals surface area contributed by atoms with Gasteiger partial charge in [0.05, 0.1) is 6.20 Å². The summed E-state index contributed by atoms with van der Waals surface area (Å²) in [6, 6.07) is 12.0. The molecule has 3 aromatic heterocycles. The first-order chi connectivity index (χ1) is 12.7. The van der Waals surface area contributed by atoms with Gasteiger partial charge in [-0.1, -0.05) is 12.1 Å². The number of ketones is 1. The molecule has 0 bridgehead atoms. The summed E-state index contributed by atoms with van der Waals surface area (Å²) in [5.74, 6) is 0.145. The zero-order valence-corrected chi connectivity index (χ0v) is 14.5. The van der Waals surface area contributed by atoms with Gasteiger partial charge in [0, 0.05) is 61.3 Å². The molecule has 0 aliphatic carbocycles. The van der Waals surface area contributed by atoms with Crippen molar-refractivity contribution in [1.29, 1.82) is 0 Å². The van der Waals surface area contributed by atoms with Crippen LogP contribution in [0.25, 0.3) is 21.9 Å². The Morgan fingerprint density at radius 1 is 0.962 bits per heavy atom. The molecule has 1 aromatic carbocycles. The summed E-state index contributed by atoms with van der Waals surface area (Å²) in [4.78, 5) is 20.8. The van der Waals surface area contributed by atoms with E-state index in [0.29, 0.717) is 12.8 Å². The molecule has 4 aromatic rings. The Morgan fingerprint density at radius 3 is 2.58 bits per heavy atom. The maximum atomic E-state index is 12.3. The van der Waals surface area contributed by atoms with Crippen LogP contribution in [0.3, 0.4) is 0 Å². The normalized spacial score (nSPS) is 11.0. The van der Waals surface area contributed by atoms with Crippen molar-refractivity contribution >= 4 is 16.6 Å². The van der Waals surface area contributed by atoms with Crippen molar-refractivity contribution in [1.82, 2.24) is 19.7 Å². The van der Waals surface area contributed by atoms with Crippen molar-refractivity contribution in [2.75, 3.05) is 0 Å². The fraction of sp³-hybridized carbons (Fsp3) is 0.143. The molecular formula is C21H18N4O.